The van der Waals surface area contributed by atoms with Crippen molar-refractivity contribution in [3.63, 3.8) is 0 Å². The van der Waals surface area contributed by atoms with Gasteiger partial charge in [-0.15, -0.1) is 0 Å². The summed E-state index contributed by atoms with van der Waals surface area (Å²) >= 11 is 0. The molecule has 2 rings (SSSR count). The normalized spacial score (nSPS) is 15.3. The van der Waals surface area contributed by atoms with Crippen molar-refractivity contribution >= 4 is 5.82 Å². The zero-order chi connectivity index (χ0) is 13.8. The minimum absolute atomic E-state index is 0.477. The van der Waals surface area contributed by atoms with E-state index in [0.717, 1.165) is 18.9 Å². The second kappa shape index (κ2) is 6.38. The molecule has 0 atom stereocenters. The largest absolute Gasteiger partial charge is 0.367 e. The molecule has 0 amide bonds. The van der Waals surface area contributed by atoms with Crippen LogP contribution in [0.5, 0.6) is 0 Å². The van der Waals surface area contributed by atoms with Crippen LogP contribution in [0.4, 0.5) is 5.82 Å². The number of hydrogen-bond donors (Lipinski definition) is 2. The molecule has 2 N–H and O–H groups in total. The van der Waals surface area contributed by atoms with E-state index in [1.165, 1.54) is 24.1 Å². The predicted octanol–water partition coefficient (Wildman–Crippen LogP) is 3.52. The lowest BCUT2D eigenvalue weighted by Gasteiger charge is -2.13. The van der Waals surface area contributed by atoms with Crippen LogP contribution in [0.1, 0.15) is 57.7 Å². The molecule has 1 aliphatic carbocycles. The Labute approximate surface area is 117 Å². The molecule has 1 saturated carbocycles. The van der Waals surface area contributed by atoms with E-state index < -0.39 is 0 Å². The van der Waals surface area contributed by atoms with Crippen molar-refractivity contribution in [2.24, 2.45) is 5.92 Å². The van der Waals surface area contributed by atoms with E-state index in [2.05, 4.69) is 50.5 Å². The standard InChI is InChI=1S/C16H27N3/c1-11(2)9-17-10-13-7-15(12(3)4)19-16(8-13)18-14-5-6-14/h7-8,11-12,14,17H,5-6,9-10H2,1-4H3,(H,18,19). The van der Waals surface area contributed by atoms with E-state index in [1.54, 1.807) is 0 Å². The molecular weight excluding hydrogens is 234 g/mol. The highest BCUT2D eigenvalue weighted by Crippen LogP contribution is 2.25. The van der Waals surface area contributed by atoms with Crippen LogP contribution < -0.4 is 10.6 Å². The number of nitrogens with one attached hydrogen (secondary N) is 2. The summed E-state index contributed by atoms with van der Waals surface area (Å²) in [4.78, 5) is 4.72. The minimum atomic E-state index is 0.477. The molecule has 0 radical (unpaired) electrons. The highest BCUT2D eigenvalue weighted by Gasteiger charge is 2.21. The van der Waals surface area contributed by atoms with Crippen LogP contribution in [-0.2, 0) is 6.54 Å². The molecule has 1 heterocycles. The van der Waals surface area contributed by atoms with Gasteiger partial charge in [-0.2, -0.15) is 0 Å². The Morgan fingerprint density at radius 3 is 2.53 bits per heavy atom. The first-order valence-electron chi connectivity index (χ1n) is 7.52. The Bertz CT molecular complexity index is 408. The fraction of sp³-hybridized carbons (Fsp3) is 0.688. The maximum Gasteiger partial charge on any atom is 0.126 e. The molecule has 106 valence electrons. The van der Waals surface area contributed by atoms with Crippen molar-refractivity contribution in [2.75, 3.05) is 11.9 Å². The van der Waals surface area contributed by atoms with Crippen LogP contribution in [0.2, 0.25) is 0 Å². The van der Waals surface area contributed by atoms with Gasteiger partial charge in [-0.1, -0.05) is 27.7 Å². The predicted molar refractivity (Wildman–Crippen MR) is 81.5 cm³/mol. The number of rotatable bonds is 7. The van der Waals surface area contributed by atoms with E-state index in [0.29, 0.717) is 17.9 Å². The van der Waals surface area contributed by atoms with Gasteiger partial charge in [0.25, 0.3) is 0 Å². The van der Waals surface area contributed by atoms with Gasteiger partial charge in [0.05, 0.1) is 0 Å². The van der Waals surface area contributed by atoms with Crippen molar-refractivity contribution in [1.29, 1.82) is 0 Å². The summed E-state index contributed by atoms with van der Waals surface area (Å²) < 4.78 is 0. The zero-order valence-electron chi connectivity index (χ0n) is 12.7. The molecule has 1 aromatic heterocycles. The third kappa shape index (κ3) is 4.83. The second-order valence-corrected chi connectivity index (χ2v) is 6.38. The summed E-state index contributed by atoms with van der Waals surface area (Å²) in [6, 6.07) is 5.08. The summed E-state index contributed by atoms with van der Waals surface area (Å²) in [6.45, 7) is 10.9. The van der Waals surface area contributed by atoms with Gasteiger partial charge in [0.1, 0.15) is 5.82 Å². The molecule has 0 unspecified atom stereocenters. The molecule has 1 fully saturated rings. The summed E-state index contributed by atoms with van der Waals surface area (Å²) in [5.41, 5.74) is 2.52. The topological polar surface area (TPSA) is 37.0 Å². The van der Waals surface area contributed by atoms with E-state index in [4.69, 9.17) is 4.98 Å². The van der Waals surface area contributed by atoms with Crippen LogP contribution in [-0.4, -0.2) is 17.6 Å². The first-order valence-corrected chi connectivity index (χ1v) is 7.52. The lowest BCUT2D eigenvalue weighted by atomic mass is 10.1. The van der Waals surface area contributed by atoms with Crippen LogP contribution in [0.25, 0.3) is 0 Å². The smallest absolute Gasteiger partial charge is 0.126 e. The van der Waals surface area contributed by atoms with Crippen molar-refractivity contribution in [3.8, 4) is 0 Å². The highest BCUT2D eigenvalue weighted by molar-refractivity contribution is 5.42. The Hall–Kier alpha value is -1.09. The number of nitrogens with zero attached hydrogens (tertiary/aromatic N) is 1. The van der Waals surface area contributed by atoms with Crippen LogP contribution in [0.15, 0.2) is 12.1 Å². The van der Waals surface area contributed by atoms with E-state index in [-0.39, 0.29) is 0 Å². The zero-order valence-corrected chi connectivity index (χ0v) is 12.7. The number of anilines is 1. The lowest BCUT2D eigenvalue weighted by molar-refractivity contribution is 0.552. The summed E-state index contributed by atoms with van der Waals surface area (Å²) in [6.07, 6.45) is 2.57. The SMILES string of the molecule is CC(C)CNCc1cc(NC2CC2)nc(C(C)C)c1. The summed E-state index contributed by atoms with van der Waals surface area (Å²) in [7, 11) is 0. The third-order valence-corrected chi connectivity index (χ3v) is 3.31. The van der Waals surface area contributed by atoms with Crippen molar-refractivity contribution in [1.82, 2.24) is 10.3 Å². The summed E-state index contributed by atoms with van der Waals surface area (Å²) in [5, 5.41) is 7.02. The van der Waals surface area contributed by atoms with E-state index >= 15 is 0 Å². The molecule has 0 bridgehead atoms. The molecule has 1 aliphatic rings. The Morgan fingerprint density at radius 1 is 1.21 bits per heavy atom. The van der Waals surface area contributed by atoms with Gasteiger partial charge < -0.3 is 10.6 Å². The van der Waals surface area contributed by atoms with Gasteiger partial charge in [-0.05, 0) is 48.9 Å². The Morgan fingerprint density at radius 2 is 1.95 bits per heavy atom. The average molecular weight is 261 g/mol. The van der Waals surface area contributed by atoms with E-state index in [1.807, 2.05) is 0 Å². The van der Waals surface area contributed by atoms with Crippen molar-refractivity contribution < 1.29 is 0 Å². The second-order valence-electron chi connectivity index (χ2n) is 6.38. The van der Waals surface area contributed by atoms with Crippen molar-refractivity contribution in [3.05, 3.63) is 23.4 Å². The molecule has 3 heteroatoms. The minimum Gasteiger partial charge on any atom is -0.367 e. The molecule has 0 saturated heterocycles. The maximum absolute atomic E-state index is 4.72. The van der Waals surface area contributed by atoms with Crippen LogP contribution in [0, 0.1) is 5.92 Å². The highest BCUT2D eigenvalue weighted by atomic mass is 15.0. The monoisotopic (exact) mass is 261 g/mol. The first-order chi connectivity index (χ1) is 9.04. The van der Waals surface area contributed by atoms with Gasteiger partial charge in [-0.3, -0.25) is 0 Å². The number of hydrogen-bond acceptors (Lipinski definition) is 3. The van der Waals surface area contributed by atoms with Crippen molar-refractivity contribution in [2.45, 2.75) is 59.0 Å². The van der Waals surface area contributed by atoms with Crippen LogP contribution in [0.3, 0.4) is 0 Å². The van der Waals surface area contributed by atoms with Gasteiger partial charge in [0.2, 0.25) is 0 Å². The van der Waals surface area contributed by atoms with E-state index in [9.17, 15) is 0 Å². The number of aromatic nitrogens is 1. The molecule has 0 aliphatic heterocycles. The quantitative estimate of drug-likeness (QED) is 0.788. The van der Waals surface area contributed by atoms with Crippen LogP contribution >= 0.6 is 0 Å². The molecule has 3 nitrogen and oxygen atoms in total. The number of pyridine rings is 1. The lowest BCUT2D eigenvalue weighted by Crippen LogP contribution is -2.19. The molecular formula is C16H27N3. The van der Waals surface area contributed by atoms with Gasteiger partial charge in [0.15, 0.2) is 0 Å². The van der Waals surface area contributed by atoms with Gasteiger partial charge >= 0.3 is 0 Å². The molecule has 19 heavy (non-hydrogen) atoms. The average Bonchev–Trinajstić information content (AvgIpc) is 3.12. The molecule has 0 aromatic carbocycles. The van der Waals surface area contributed by atoms with Gasteiger partial charge in [0, 0.05) is 18.3 Å². The van der Waals surface area contributed by atoms with Gasteiger partial charge in [-0.25, -0.2) is 4.98 Å². The molecule has 0 spiro atoms. The summed E-state index contributed by atoms with van der Waals surface area (Å²) in [5.74, 6) is 2.22. The Balaban J connectivity index is 2.04. The maximum atomic E-state index is 4.72. The molecule has 1 aromatic rings. The fourth-order valence-corrected chi connectivity index (χ4v) is 2.02. The Kier molecular flexibility index (Phi) is 4.81. The third-order valence-electron chi connectivity index (χ3n) is 3.31. The first kappa shape index (κ1) is 14.3. The fourth-order valence-electron chi connectivity index (χ4n) is 2.02.